The number of amides is 1. The van der Waals surface area contributed by atoms with Gasteiger partial charge < -0.3 is 14.8 Å². The number of halogens is 1. The molecule has 6 nitrogen and oxygen atoms in total. The van der Waals surface area contributed by atoms with Gasteiger partial charge in [-0.1, -0.05) is 0 Å². The van der Waals surface area contributed by atoms with E-state index in [4.69, 9.17) is 9.47 Å². The van der Waals surface area contributed by atoms with E-state index >= 15 is 0 Å². The monoisotopic (exact) mass is 369 g/mol. The van der Waals surface area contributed by atoms with Gasteiger partial charge in [-0.05, 0) is 55.9 Å². The van der Waals surface area contributed by atoms with Crippen LogP contribution in [0.1, 0.15) is 31.5 Å². The Morgan fingerprint density at radius 3 is 2.89 bits per heavy atom. The fourth-order valence-corrected chi connectivity index (χ4v) is 3.24. The molecule has 2 heterocycles. The van der Waals surface area contributed by atoms with Crippen molar-refractivity contribution in [3.63, 3.8) is 0 Å². The number of alkyl carbamates (subject to hydrolysis) is 1. The first-order valence-corrected chi connectivity index (χ1v) is 8.90. The van der Waals surface area contributed by atoms with E-state index in [0.29, 0.717) is 30.0 Å². The number of hydrogen-bond donors (Lipinski definition) is 2. The van der Waals surface area contributed by atoms with E-state index < -0.39 is 18.0 Å². The van der Waals surface area contributed by atoms with Gasteiger partial charge in [0.05, 0.1) is 17.3 Å². The molecular weight excluding hydrogens is 349 g/mol. The second-order valence-electron chi connectivity index (χ2n) is 6.71. The molecule has 0 spiro atoms. The maximum atomic E-state index is 14.4. The number of cyclic esters (lactones) is 1. The Morgan fingerprint density at radius 1 is 1.19 bits per heavy atom. The van der Waals surface area contributed by atoms with Crippen molar-refractivity contribution in [1.29, 1.82) is 0 Å². The molecular formula is C20H20FN3O3. The molecule has 1 aromatic carbocycles. The van der Waals surface area contributed by atoms with Crippen molar-refractivity contribution in [1.82, 2.24) is 15.5 Å². The number of benzene rings is 1. The molecule has 2 bridgehead atoms. The van der Waals surface area contributed by atoms with Gasteiger partial charge in [0.25, 0.3) is 0 Å². The molecule has 0 saturated carbocycles. The van der Waals surface area contributed by atoms with Gasteiger partial charge in [0, 0.05) is 23.9 Å². The number of hydrogen-bond acceptors (Lipinski definition) is 4. The summed E-state index contributed by atoms with van der Waals surface area (Å²) in [7, 11) is 0. The van der Waals surface area contributed by atoms with Crippen LogP contribution in [0.25, 0.3) is 23.1 Å². The maximum absolute atomic E-state index is 14.4. The number of nitrogens with one attached hydrogen (secondary N) is 2. The summed E-state index contributed by atoms with van der Waals surface area (Å²) in [5, 5.41) is 10.8. The topological polar surface area (TPSA) is 76.2 Å². The molecule has 2 aromatic rings. The van der Waals surface area contributed by atoms with Gasteiger partial charge in [-0.15, -0.1) is 0 Å². The molecule has 0 saturated heterocycles. The first-order valence-electron chi connectivity index (χ1n) is 8.90. The molecule has 1 aliphatic heterocycles. The first-order chi connectivity index (χ1) is 13.0. The number of H-pyrrole nitrogens is 1. The van der Waals surface area contributed by atoms with Crippen molar-refractivity contribution < 1.29 is 18.7 Å². The van der Waals surface area contributed by atoms with Crippen molar-refractivity contribution in [3.8, 4) is 5.75 Å². The number of aromatic nitrogens is 2. The molecule has 4 rings (SSSR count). The third-order valence-electron chi connectivity index (χ3n) is 4.68. The predicted octanol–water partition coefficient (Wildman–Crippen LogP) is 4.11. The lowest BCUT2D eigenvalue weighted by atomic mass is 10.0. The van der Waals surface area contributed by atoms with Crippen LogP contribution in [-0.4, -0.2) is 35.0 Å². The average Bonchev–Trinajstić information content (AvgIpc) is 3.05. The fourth-order valence-electron chi connectivity index (χ4n) is 3.24. The van der Waals surface area contributed by atoms with Crippen molar-refractivity contribution >= 4 is 29.1 Å². The average molecular weight is 369 g/mol. The van der Waals surface area contributed by atoms with Crippen molar-refractivity contribution in [2.45, 2.75) is 32.5 Å². The number of aromatic amines is 1. The summed E-state index contributed by atoms with van der Waals surface area (Å²) in [5.74, 6) is 0.224. The molecule has 140 valence electrons. The lowest BCUT2D eigenvalue weighted by Crippen LogP contribution is -2.31. The zero-order valence-corrected chi connectivity index (χ0v) is 15.1. The van der Waals surface area contributed by atoms with Crippen LogP contribution in [0, 0.1) is 0 Å². The molecule has 1 amide bonds. The summed E-state index contributed by atoms with van der Waals surface area (Å²) in [6, 6.07) is 3.77. The highest BCUT2D eigenvalue weighted by atomic mass is 19.1. The van der Waals surface area contributed by atoms with Gasteiger partial charge in [-0.2, -0.15) is 5.10 Å². The molecule has 0 unspecified atom stereocenters. The molecule has 0 fully saturated rings. The van der Waals surface area contributed by atoms with Crippen molar-refractivity contribution in [2.75, 3.05) is 6.54 Å². The van der Waals surface area contributed by atoms with E-state index in [1.807, 2.05) is 19.1 Å². The van der Waals surface area contributed by atoms with Crippen molar-refractivity contribution in [3.05, 3.63) is 46.9 Å². The van der Waals surface area contributed by atoms with Crippen LogP contribution in [0.5, 0.6) is 5.75 Å². The standard InChI is InChI=1S/C20H20FN3O3/c1-11-7-8-22-20(25)27-12(2)13-9-14(21)3-4-16-19-15(10-13)18(26-11)6-5-17(19)24-23-16/h3-6,9-12H,7-8H2,1-2H3,(H,22,25)(H,23,24)/t11-,12-/m1/s1. The Balaban J connectivity index is 1.98. The Labute approximate surface area is 155 Å². The molecule has 2 N–H and O–H groups in total. The Hall–Kier alpha value is -3.09. The second-order valence-corrected chi connectivity index (χ2v) is 6.71. The number of carbonyl (C=O) groups is 1. The van der Waals surface area contributed by atoms with Crippen LogP contribution in [0.3, 0.4) is 0 Å². The Bertz CT molecular complexity index is 990. The number of allylic oxidation sites excluding steroid dienone is 2. The largest absolute Gasteiger partial charge is 0.490 e. The molecule has 0 radical (unpaired) electrons. The van der Waals surface area contributed by atoms with Crippen LogP contribution in [0.15, 0.2) is 35.7 Å². The second kappa shape index (κ2) is 6.90. The number of nitrogens with zero attached hydrogens (tertiary/aromatic N) is 1. The highest BCUT2D eigenvalue weighted by Gasteiger charge is 2.21. The summed E-state index contributed by atoms with van der Waals surface area (Å²) in [5.41, 5.74) is 2.75. The van der Waals surface area contributed by atoms with Crippen molar-refractivity contribution in [2.24, 2.45) is 0 Å². The molecule has 2 aliphatic rings. The normalized spacial score (nSPS) is 22.9. The van der Waals surface area contributed by atoms with E-state index in [-0.39, 0.29) is 6.10 Å². The zero-order chi connectivity index (χ0) is 19.0. The Morgan fingerprint density at radius 2 is 2.04 bits per heavy atom. The van der Waals surface area contributed by atoms with Gasteiger partial charge >= 0.3 is 6.09 Å². The van der Waals surface area contributed by atoms with Crippen LogP contribution in [0.4, 0.5) is 9.18 Å². The summed E-state index contributed by atoms with van der Waals surface area (Å²) < 4.78 is 25.9. The number of ether oxygens (including phenoxy) is 2. The van der Waals surface area contributed by atoms with Gasteiger partial charge in [0.15, 0.2) is 0 Å². The SMILES string of the molecule is C[C@@H]1CCNC(=O)O[C@H](C)C2=Cc3c(ccc4[nH]nc(c34)C=CC(F)=C2)O1. The highest BCUT2D eigenvalue weighted by Crippen LogP contribution is 2.35. The smallest absolute Gasteiger partial charge is 0.407 e. The van der Waals surface area contributed by atoms with Crippen LogP contribution < -0.4 is 10.1 Å². The van der Waals surface area contributed by atoms with Crippen LogP contribution >= 0.6 is 0 Å². The minimum absolute atomic E-state index is 0.126. The number of rotatable bonds is 0. The van der Waals surface area contributed by atoms with Gasteiger partial charge in [0.1, 0.15) is 17.7 Å². The third kappa shape index (κ3) is 3.45. The minimum atomic E-state index is -0.641. The Kier molecular flexibility index (Phi) is 4.43. The van der Waals surface area contributed by atoms with Crippen LogP contribution in [-0.2, 0) is 4.74 Å². The summed E-state index contributed by atoms with van der Waals surface area (Å²) >= 11 is 0. The predicted molar refractivity (Wildman–Crippen MR) is 101 cm³/mol. The summed E-state index contributed by atoms with van der Waals surface area (Å²) in [4.78, 5) is 12.0. The third-order valence-corrected chi connectivity index (χ3v) is 4.68. The lowest BCUT2D eigenvalue weighted by Gasteiger charge is -2.21. The zero-order valence-electron chi connectivity index (χ0n) is 15.1. The quantitative estimate of drug-likeness (QED) is 0.733. The van der Waals surface area contributed by atoms with Gasteiger partial charge in [-0.3, -0.25) is 5.10 Å². The molecule has 2 atom stereocenters. The highest BCUT2D eigenvalue weighted by molar-refractivity contribution is 5.97. The van der Waals surface area contributed by atoms with E-state index in [2.05, 4.69) is 15.5 Å². The van der Waals surface area contributed by atoms with E-state index in [9.17, 15) is 9.18 Å². The summed E-state index contributed by atoms with van der Waals surface area (Å²) in [6.45, 7) is 4.07. The molecule has 27 heavy (non-hydrogen) atoms. The molecule has 1 aromatic heterocycles. The molecule has 7 heteroatoms. The molecule has 1 aliphatic carbocycles. The van der Waals surface area contributed by atoms with Crippen LogP contribution in [0.2, 0.25) is 0 Å². The van der Waals surface area contributed by atoms with E-state index in [0.717, 1.165) is 16.5 Å². The fraction of sp³-hybridized carbons (Fsp3) is 0.300. The van der Waals surface area contributed by atoms with E-state index in [1.165, 1.54) is 12.2 Å². The lowest BCUT2D eigenvalue weighted by molar-refractivity contribution is 0.122. The van der Waals surface area contributed by atoms with Gasteiger partial charge in [0.2, 0.25) is 0 Å². The van der Waals surface area contributed by atoms with E-state index in [1.54, 1.807) is 19.1 Å². The number of carbonyl (C=O) groups excluding carboxylic acids is 1. The van der Waals surface area contributed by atoms with Gasteiger partial charge in [-0.25, -0.2) is 9.18 Å². The first kappa shape index (κ1) is 17.3. The summed E-state index contributed by atoms with van der Waals surface area (Å²) in [6.07, 6.45) is 5.45. The maximum Gasteiger partial charge on any atom is 0.407 e. The minimum Gasteiger partial charge on any atom is -0.490 e.